The van der Waals surface area contributed by atoms with Crippen molar-refractivity contribution in [2.75, 3.05) is 7.11 Å². The lowest BCUT2D eigenvalue weighted by Crippen LogP contribution is -1.98. The minimum Gasteiger partial charge on any atom is -0.497 e. The van der Waals surface area contributed by atoms with E-state index in [1.54, 1.807) is 19.2 Å². The number of benzene rings is 2. The van der Waals surface area contributed by atoms with Gasteiger partial charge in [0, 0.05) is 5.56 Å². The SMILES string of the molecule is COc1ccc2cc(C(=O)c3ccc(Cl)s3)ccc2c1. The van der Waals surface area contributed by atoms with Gasteiger partial charge in [-0.2, -0.15) is 0 Å². The van der Waals surface area contributed by atoms with E-state index in [0.29, 0.717) is 14.8 Å². The number of rotatable bonds is 3. The highest BCUT2D eigenvalue weighted by atomic mass is 35.5. The first-order valence-electron chi connectivity index (χ1n) is 6.05. The predicted molar refractivity (Wildman–Crippen MR) is 83.3 cm³/mol. The van der Waals surface area contributed by atoms with Crippen LogP contribution in [0.4, 0.5) is 0 Å². The summed E-state index contributed by atoms with van der Waals surface area (Å²) in [5.74, 6) is 0.807. The Hall–Kier alpha value is -1.84. The van der Waals surface area contributed by atoms with Gasteiger partial charge in [0.05, 0.1) is 16.3 Å². The van der Waals surface area contributed by atoms with Gasteiger partial charge >= 0.3 is 0 Å². The Balaban J connectivity index is 2.02. The third-order valence-corrected chi connectivity index (χ3v) is 4.34. The molecular weight excluding hydrogens is 292 g/mol. The summed E-state index contributed by atoms with van der Waals surface area (Å²) in [5.41, 5.74) is 0.668. The summed E-state index contributed by atoms with van der Waals surface area (Å²) in [5, 5.41) is 2.06. The largest absolute Gasteiger partial charge is 0.497 e. The van der Waals surface area contributed by atoms with Gasteiger partial charge in [0.25, 0.3) is 0 Å². The molecule has 0 unspecified atom stereocenters. The highest BCUT2D eigenvalue weighted by molar-refractivity contribution is 7.18. The quantitative estimate of drug-likeness (QED) is 0.650. The molecule has 0 N–H and O–H groups in total. The average molecular weight is 303 g/mol. The highest BCUT2D eigenvalue weighted by Gasteiger charge is 2.12. The molecule has 20 heavy (non-hydrogen) atoms. The fourth-order valence-electron chi connectivity index (χ4n) is 2.07. The molecular formula is C16H11ClO2S. The van der Waals surface area contributed by atoms with Crippen molar-refractivity contribution in [3.63, 3.8) is 0 Å². The third kappa shape index (κ3) is 2.42. The van der Waals surface area contributed by atoms with Crippen molar-refractivity contribution in [3.8, 4) is 5.75 Å². The predicted octanol–water partition coefficient (Wildman–Crippen LogP) is 4.79. The molecule has 1 heterocycles. The van der Waals surface area contributed by atoms with Gasteiger partial charge in [-0.05, 0) is 41.1 Å². The van der Waals surface area contributed by atoms with Crippen LogP contribution in [0.5, 0.6) is 5.75 Å². The Kier molecular flexibility index (Phi) is 3.47. The molecule has 100 valence electrons. The van der Waals surface area contributed by atoms with Crippen LogP contribution < -0.4 is 4.74 Å². The van der Waals surface area contributed by atoms with Crippen LogP contribution in [0.1, 0.15) is 15.2 Å². The third-order valence-electron chi connectivity index (χ3n) is 3.11. The maximum Gasteiger partial charge on any atom is 0.203 e. The van der Waals surface area contributed by atoms with Crippen LogP contribution in [-0.2, 0) is 0 Å². The number of ether oxygens (including phenoxy) is 1. The van der Waals surface area contributed by atoms with E-state index in [9.17, 15) is 4.79 Å². The molecule has 0 spiro atoms. The Morgan fingerprint density at radius 2 is 1.80 bits per heavy atom. The van der Waals surface area contributed by atoms with Gasteiger partial charge in [0.15, 0.2) is 0 Å². The van der Waals surface area contributed by atoms with E-state index < -0.39 is 0 Å². The summed E-state index contributed by atoms with van der Waals surface area (Å²) in [6.45, 7) is 0. The molecule has 0 saturated carbocycles. The van der Waals surface area contributed by atoms with E-state index in [2.05, 4.69) is 0 Å². The zero-order valence-electron chi connectivity index (χ0n) is 10.7. The van der Waals surface area contributed by atoms with Crippen LogP contribution in [0.3, 0.4) is 0 Å². The van der Waals surface area contributed by atoms with Gasteiger partial charge in [0.1, 0.15) is 5.75 Å². The van der Waals surface area contributed by atoms with E-state index in [4.69, 9.17) is 16.3 Å². The Morgan fingerprint density at radius 1 is 1.05 bits per heavy atom. The second-order valence-electron chi connectivity index (χ2n) is 4.36. The van der Waals surface area contributed by atoms with Gasteiger partial charge in [-0.3, -0.25) is 4.79 Å². The molecule has 2 nitrogen and oxygen atoms in total. The molecule has 4 heteroatoms. The average Bonchev–Trinajstić information content (AvgIpc) is 2.92. The summed E-state index contributed by atoms with van der Waals surface area (Å²) < 4.78 is 5.82. The molecule has 0 bridgehead atoms. The highest BCUT2D eigenvalue weighted by Crippen LogP contribution is 2.26. The van der Waals surface area contributed by atoms with Gasteiger partial charge < -0.3 is 4.74 Å². The summed E-state index contributed by atoms with van der Waals surface area (Å²) >= 11 is 7.17. The fraction of sp³-hybridized carbons (Fsp3) is 0.0625. The molecule has 0 aliphatic carbocycles. The molecule has 3 aromatic rings. The second-order valence-corrected chi connectivity index (χ2v) is 6.08. The maximum absolute atomic E-state index is 12.4. The van der Waals surface area contributed by atoms with Crippen LogP contribution in [0.2, 0.25) is 4.34 Å². The van der Waals surface area contributed by atoms with E-state index in [1.807, 2.05) is 36.4 Å². The molecule has 0 radical (unpaired) electrons. The van der Waals surface area contributed by atoms with E-state index in [0.717, 1.165) is 16.5 Å². The normalized spacial score (nSPS) is 10.7. The van der Waals surface area contributed by atoms with Crippen LogP contribution in [0.15, 0.2) is 48.5 Å². The van der Waals surface area contributed by atoms with Gasteiger partial charge in [-0.25, -0.2) is 0 Å². The molecule has 0 amide bonds. The van der Waals surface area contributed by atoms with E-state index in [-0.39, 0.29) is 5.78 Å². The molecule has 0 atom stereocenters. The first-order chi connectivity index (χ1) is 9.67. The number of fused-ring (bicyclic) bond motifs is 1. The Morgan fingerprint density at radius 3 is 2.50 bits per heavy atom. The van der Waals surface area contributed by atoms with Crippen LogP contribution in [0, 0.1) is 0 Å². The van der Waals surface area contributed by atoms with Gasteiger partial charge in [0.2, 0.25) is 5.78 Å². The smallest absolute Gasteiger partial charge is 0.203 e. The van der Waals surface area contributed by atoms with Gasteiger partial charge in [-0.1, -0.05) is 29.8 Å². The molecule has 0 aliphatic rings. The lowest BCUT2D eigenvalue weighted by atomic mass is 10.0. The number of thiophene rings is 1. The van der Waals surface area contributed by atoms with Crippen LogP contribution in [0.25, 0.3) is 10.8 Å². The first-order valence-corrected chi connectivity index (χ1v) is 7.24. The number of methoxy groups -OCH3 is 1. The molecule has 2 aromatic carbocycles. The van der Waals surface area contributed by atoms with Crippen molar-refractivity contribution >= 4 is 39.5 Å². The summed E-state index contributed by atoms with van der Waals surface area (Å²) in [6.07, 6.45) is 0. The Labute approximate surface area is 125 Å². The van der Waals surface area contributed by atoms with Crippen molar-refractivity contribution in [3.05, 3.63) is 63.3 Å². The lowest BCUT2D eigenvalue weighted by Gasteiger charge is -2.04. The summed E-state index contributed by atoms with van der Waals surface area (Å²) in [6, 6.07) is 14.9. The number of carbonyl (C=O) groups is 1. The van der Waals surface area contributed by atoms with E-state index in [1.165, 1.54) is 11.3 Å². The molecule has 0 saturated heterocycles. The molecule has 3 rings (SSSR count). The van der Waals surface area contributed by atoms with Crippen molar-refractivity contribution in [2.45, 2.75) is 0 Å². The van der Waals surface area contributed by atoms with Crippen molar-refractivity contribution in [2.24, 2.45) is 0 Å². The standard InChI is InChI=1S/C16H11ClO2S/c1-19-13-5-4-10-8-12(3-2-11(10)9-13)16(18)14-6-7-15(17)20-14/h2-9H,1H3. The molecule has 1 aromatic heterocycles. The summed E-state index contributed by atoms with van der Waals surface area (Å²) in [4.78, 5) is 13.0. The second kappa shape index (κ2) is 5.27. The molecule has 0 aliphatic heterocycles. The Bertz CT molecular complexity index is 792. The van der Waals surface area contributed by atoms with Crippen molar-refractivity contribution in [1.29, 1.82) is 0 Å². The minimum absolute atomic E-state index is 0.000354. The number of halogens is 1. The lowest BCUT2D eigenvalue weighted by molar-refractivity contribution is 0.104. The maximum atomic E-state index is 12.4. The van der Waals surface area contributed by atoms with E-state index >= 15 is 0 Å². The van der Waals surface area contributed by atoms with Crippen LogP contribution >= 0.6 is 22.9 Å². The van der Waals surface area contributed by atoms with Crippen molar-refractivity contribution in [1.82, 2.24) is 0 Å². The molecule has 0 fully saturated rings. The first kappa shape index (κ1) is 13.2. The number of ketones is 1. The number of carbonyl (C=O) groups excluding carboxylic acids is 1. The zero-order valence-corrected chi connectivity index (χ0v) is 12.3. The zero-order chi connectivity index (χ0) is 14.1. The van der Waals surface area contributed by atoms with Crippen LogP contribution in [-0.4, -0.2) is 12.9 Å². The topological polar surface area (TPSA) is 26.3 Å². The fourth-order valence-corrected chi connectivity index (χ4v) is 3.08. The van der Waals surface area contributed by atoms with Crippen molar-refractivity contribution < 1.29 is 9.53 Å². The monoisotopic (exact) mass is 302 g/mol. The number of hydrogen-bond acceptors (Lipinski definition) is 3. The minimum atomic E-state index is -0.000354. The summed E-state index contributed by atoms with van der Waals surface area (Å²) in [7, 11) is 1.64. The van der Waals surface area contributed by atoms with Gasteiger partial charge in [-0.15, -0.1) is 11.3 Å². The number of hydrogen-bond donors (Lipinski definition) is 0.